The third-order valence-corrected chi connectivity index (χ3v) is 4.82. The van der Waals surface area contributed by atoms with Crippen LogP contribution >= 0.6 is 0 Å². The van der Waals surface area contributed by atoms with Crippen molar-refractivity contribution in [3.05, 3.63) is 59.2 Å². The second kappa shape index (κ2) is 8.75. The maximum Gasteiger partial charge on any atom is 0.257 e. The molecule has 0 saturated heterocycles. The van der Waals surface area contributed by atoms with Crippen LogP contribution in [0.15, 0.2) is 42.5 Å². The van der Waals surface area contributed by atoms with Crippen molar-refractivity contribution in [2.45, 2.75) is 33.1 Å². The van der Waals surface area contributed by atoms with Crippen LogP contribution in [0.3, 0.4) is 0 Å². The first-order valence-electron chi connectivity index (χ1n) is 9.43. The first-order valence-corrected chi connectivity index (χ1v) is 9.43. The number of para-hydroxylation sites is 1. The molecule has 0 unspecified atom stereocenters. The number of carbonyl (C=O) groups is 1. The summed E-state index contributed by atoms with van der Waals surface area (Å²) in [4.78, 5) is 14.4. The number of hydrogen-bond donors (Lipinski definition) is 1. The number of carbonyl (C=O) groups excluding carboxylic acids is 1. The molecular formula is C22H28N2O2. The largest absolute Gasteiger partial charge is 0.484 e. The number of aryl methyl sites for hydroxylation is 3. The Balaban J connectivity index is 1.38. The smallest absolute Gasteiger partial charge is 0.257 e. The number of anilines is 1. The minimum absolute atomic E-state index is 0.0657. The summed E-state index contributed by atoms with van der Waals surface area (Å²) in [7, 11) is 0. The van der Waals surface area contributed by atoms with Crippen LogP contribution in [0.2, 0.25) is 0 Å². The highest BCUT2D eigenvalue weighted by molar-refractivity contribution is 5.77. The van der Waals surface area contributed by atoms with Gasteiger partial charge in [-0.15, -0.1) is 0 Å². The number of benzene rings is 2. The lowest BCUT2D eigenvalue weighted by Crippen LogP contribution is -2.34. The van der Waals surface area contributed by atoms with E-state index < -0.39 is 0 Å². The third kappa shape index (κ3) is 4.78. The lowest BCUT2D eigenvalue weighted by atomic mass is 10.0. The molecule has 1 N–H and O–H groups in total. The molecular weight excluding hydrogens is 324 g/mol. The molecule has 1 aliphatic heterocycles. The number of fused-ring (bicyclic) bond motifs is 1. The van der Waals surface area contributed by atoms with Crippen LogP contribution in [-0.2, 0) is 11.2 Å². The topological polar surface area (TPSA) is 41.6 Å². The number of ether oxygens (including phenoxy) is 1. The van der Waals surface area contributed by atoms with Crippen molar-refractivity contribution in [1.82, 2.24) is 5.32 Å². The Bertz CT molecular complexity index is 758. The van der Waals surface area contributed by atoms with E-state index in [2.05, 4.69) is 40.5 Å². The lowest BCUT2D eigenvalue weighted by Gasteiger charge is -2.31. The minimum atomic E-state index is -0.0657. The SMILES string of the molecule is Cc1ccc(OCC(=O)NCCCN2CCCc3ccccc32)c(C)c1. The van der Waals surface area contributed by atoms with E-state index in [0.29, 0.717) is 6.54 Å². The van der Waals surface area contributed by atoms with Crippen LogP contribution in [0.5, 0.6) is 5.75 Å². The summed E-state index contributed by atoms with van der Waals surface area (Å²) in [6.07, 6.45) is 3.30. The van der Waals surface area contributed by atoms with E-state index in [1.54, 1.807) is 0 Å². The summed E-state index contributed by atoms with van der Waals surface area (Å²) in [6.45, 7) is 6.85. The zero-order valence-electron chi connectivity index (χ0n) is 15.8. The van der Waals surface area contributed by atoms with E-state index in [1.807, 2.05) is 26.0 Å². The van der Waals surface area contributed by atoms with Gasteiger partial charge < -0.3 is 15.0 Å². The predicted molar refractivity (Wildman–Crippen MR) is 106 cm³/mol. The summed E-state index contributed by atoms with van der Waals surface area (Å²) >= 11 is 0. The molecule has 1 aliphatic rings. The van der Waals surface area contributed by atoms with Crippen LogP contribution in [-0.4, -0.2) is 32.1 Å². The maximum absolute atomic E-state index is 12.0. The Morgan fingerprint density at radius 2 is 2.04 bits per heavy atom. The van der Waals surface area contributed by atoms with Gasteiger partial charge in [0.25, 0.3) is 5.91 Å². The van der Waals surface area contributed by atoms with E-state index in [4.69, 9.17) is 4.74 Å². The van der Waals surface area contributed by atoms with Gasteiger partial charge in [0, 0.05) is 25.3 Å². The molecule has 26 heavy (non-hydrogen) atoms. The quantitative estimate of drug-likeness (QED) is 0.774. The van der Waals surface area contributed by atoms with Gasteiger partial charge in [-0.05, 0) is 56.4 Å². The van der Waals surface area contributed by atoms with Gasteiger partial charge in [0.15, 0.2) is 6.61 Å². The van der Waals surface area contributed by atoms with Crippen molar-refractivity contribution in [2.24, 2.45) is 0 Å². The van der Waals surface area contributed by atoms with Crippen LogP contribution in [0.4, 0.5) is 5.69 Å². The molecule has 4 nitrogen and oxygen atoms in total. The molecule has 0 fully saturated rings. The third-order valence-electron chi connectivity index (χ3n) is 4.82. The van der Waals surface area contributed by atoms with E-state index in [-0.39, 0.29) is 12.5 Å². The van der Waals surface area contributed by atoms with Gasteiger partial charge in [-0.25, -0.2) is 0 Å². The molecule has 1 heterocycles. The predicted octanol–water partition coefficient (Wildman–Crippen LogP) is 3.64. The average molecular weight is 352 g/mol. The van der Waals surface area contributed by atoms with Gasteiger partial charge in [0.1, 0.15) is 5.75 Å². The van der Waals surface area contributed by atoms with E-state index in [0.717, 1.165) is 30.8 Å². The zero-order valence-corrected chi connectivity index (χ0v) is 15.8. The van der Waals surface area contributed by atoms with Crippen LogP contribution in [0, 0.1) is 13.8 Å². The molecule has 4 heteroatoms. The maximum atomic E-state index is 12.0. The average Bonchev–Trinajstić information content (AvgIpc) is 2.64. The number of nitrogens with zero attached hydrogens (tertiary/aromatic N) is 1. The monoisotopic (exact) mass is 352 g/mol. The molecule has 0 radical (unpaired) electrons. The first-order chi connectivity index (χ1) is 12.6. The van der Waals surface area contributed by atoms with Crippen LogP contribution in [0.1, 0.15) is 29.5 Å². The van der Waals surface area contributed by atoms with Crippen LogP contribution < -0.4 is 15.0 Å². The molecule has 2 aromatic rings. The van der Waals surface area contributed by atoms with Gasteiger partial charge in [0.2, 0.25) is 0 Å². The summed E-state index contributed by atoms with van der Waals surface area (Å²) in [5.74, 6) is 0.708. The van der Waals surface area contributed by atoms with E-state index >= 15 is 0 Å². The van der Waals surface area contributed by atoms with Crippen molar-refractivity contribution < 1.29 is 9.53 Å². The Kier molecular flexibility index (Phi) is 6.16. The highest BCUT2D eigenvalue weighted by atomic mass is 16.5. The summed E-state index contributed by atoms with van der Waals surface area (Å²) < 4.78 is 5.62. The number of hydrogen-bond acceptors (Lipinski definition) is 3. The fourth-order valence-electron chi connectivity index (χ4n) is 3.50. The Labute approximate surface area is 156 Å². The zero-order chi connectivity index (χ0) is 18.4. The number of amides is 1. The summed E-state index contributed by atoms with van der Waals surface area (Å²) in [5, 5.41) is 2.96. The van der Waals surface area contributed by atoms with Crippen molar-refractivity contribution in [3.8, 4) is 5.75 Å². The van der Waals surface area contributed by atoms with E-state index in [1.165, 1.54) is 29.7 Å². The molecule has 0 aliphatic carbocycles. The molecule has 1 amide bonds. The molecule has 2 aromatic carbocycles. The second-order valence-electron chi connectivity index (χ2n) is 6.98. The van der Waals surface area contributed by atoms with Gasteiger partial charge >= 0.3 is 0 Å². The van der Waals surface area contributed by atoms with Crippen molar-refractivity contribution in [2.75, 3.05) is 31.1 Å². The van der Waals surface area contributed by atoms with Gasteiger partial charge in [-0.3, -0.25) is 4.79 Å². The molecule has 0 spiro atoms. The fourth-order valence-corrected chi connectivity index (χ4v) is 3.50. The fraction of sp³-hybridized carbons (Fsp3) is 0.409. The number of rotatable bonds is 7. The van der Waals surface area contributed by atoms with Crippen molar-refractivity contribution in [3.63, 3.8) is 0 Å². The first kappa shape index (κ1) is 18.3. The summed E-state index contributed by atoms with van der Waals surface area (Å²) in [5.41, 5.74) is 5.04. The molecule has 0 saturated carbocycles. The normalized spacial score (nSPS) is 13.2. The Morgan fingerprint density at radius 1 is 1.19 bits per heavy atom. The van der Waals surface area contributed by atoms with Gasteiger partial charge in [0.05, 0.1) is 0 Å². The van der Waals surface area contributed by atoms with E-state index in [9.17, 15) is 4.79 Å². The molecule has 0 bridgehead atoms. The van der Waals surface area contributed by atoms with Crippen molar-refractivity contribution in [1.29, 1.82) is 0 Å². The van der Waals surface area contributed by atoms with Crippen molar-refractivity contribution >= 4 is 11.6 Å². The Morgan fingerprint density at radius 3 is 2.88 bits per heavy atom. The Hall–Kier alpha value is -2.49. The standard InChI is InChI=1S/C22H28N2O2/c1-17-10-11-21(18(2)15-17)26-16-22(25)23-12-6-14-24-13-5-8-19-7-3-4-9-20(19)24/h3-4,7,9-11,15H,5-6,8,12-14,16H2,1-2H3,(H,23,25). The highest BCUT2D eigenvalue weighted by Gasteiger charge is 2.15. The molecule has 0 aromatic heterocycles. The second-order valence-corrected chi connectivity index (χ2v) is 6.98. The van der Waals surface area contributed by atoms with Crippen LogP contribution in [0.25, 0.3) is 0 Å². The molecule has 3 rings (SSSR count). The minimum Gasteiger partial charge on any atom is -0.484 e. The summed E-state index contributed by atoms with van der Waals surface area (Å²) in [6, 6.07) is 14.6. The van der Waals surface area contributed by atoms with Gasteiger partial charge in [-0.2, -0.15) is 0 Å². The highest BCUT2D eigenvalue weighted by Crippen LogP contribution is 2.26. The lowest BCUT2D eigenvalue weighted by molar-refractivity contribution is -0.123. The number of nitrogens with one attached hydrogen (secondary N) is 1. The molecule has 0 atom stereocenters. The van der Waals surface area contributed by atoms with Gasteiger partial charge in [-0.1, -0.05) is 35.9 Å². The molecule has 138 valence electrons.